The zero-order valence-corrected chi connectivity index (χ0v) is 25.6. The molecule has 2 aromatic heterocycles. The van der Waals surface area contributed by atoms with E-state index in [1.807, 2.05) is 0 Å². The van der Waals surface area contributed by atoms with E-state index < -0.39 is 45.2 Å². The van der Waals surface area contributed by atoms with Gasteiger partial charge in [-0.25, -0.2) is 36.9 Å². The number of amides is 4. The van der Waals surface area contributed by atoms with Crippen LogP contribution in [-0.2, 0) is 19.4 Å². The number of imide groups is 1. The molecule has 4 aromatic rings. The maximum atomic E-state index is 15.1. The van der Waals surface area contributed by atoms with E-state index in [-0.39, 0.29) is 40.4 Å². The van der Waals surface area contributed by atoms with E-state index in [2.05, 4.69) is 20.6 Å². The van der Waals surface area contributed by atoms with Gasteiger partial charge in [0.2, 0.25) is 11.8 Å². The van der Waals surface area contributed by atoms with E-state index in [1.54, 1.807) is 13.8 Å². The molecule has 5 rings (SSSR count). The van der Waals surface area contributed by atoms with Crippen LogP contribution in [0.25, 0.3) is 0 Å². The van der Waals surface area contributed by atoms with E-state index in [0.29, 0.717) is 11.6 Å². The molecule has 2 aromatic carbocycles. The molecule has 0 bridgehead atoms. The summed E-state index contributed by atoms with van der Waals surface area (Å²) < 4.78 is 57.5. The number of anilines is 4. The minimum Gasteiger partial charge on any atom is -0.454 e. The van der Waals surface area contributed by atoms with Crippen LogP contribution < -0.4 is 20.3 Å². The van der Waals surface area contributed by atoms with Crippen molar-refractivity contribution in [3.05, 3.63) is 90.8 Å². The Labute approximate surface area is 262 Å². The average molecular weight is 651 g/mol. The van der Waals surface area contributed by atoms with Crippen molar-refractivity contribution < 1.29 is 36.3 Å². The summed E-state index contributed by atoms with van der Waals surface area (Å²) >= 11 is 0. The van der Waals surface area contributed by atoms with Crippen molar-refractivity contribution in [1.29, 1.82) is 0 Å². The number of sulfone groups is 1. The highest BCUT2D eigenvalue weighted by molar-refractivity contribution is 7.90. The number of hydrogen-bond donors (Lipinski definition) is 2. The van der Waals surface area contributed by atoms with Gasteiger partial charge in [0, 0.05) is 49.1 Å². The molecule has 1 saturated heterocycles. The van der Waals surface area contributed by atoms with Gasteiger partial charge in [0.05, 0.1) is 10.6 Å². The number of hydrogen-bond acceptors (Lipinski definition) is 9. The number of benzene rings is 2. The van der Waals surface area contributed by atoms with E-state index >= 15 is 4.39 Å². The Bertz CT molecular complexity index is 1910. The molecule has 4 amide bonds. The summed E-state index contributed by atoms with van der Waals surface area (Å²) in [4.78, 5) is 50.1. The Morgan fingerprint density at radius 1 is 0.978 bits per heavy atom. The first-order chi connectivity index (χ1) is 21.8. The van der Waals surface area contributed by atoms with Gasteiger partial charge in [-0.1, -0.05) is 0 Å². The highest BCUT2D eigenvalue weighted by Gasteiger charge is 2.44. The van der Waals surface area contributed by atoms with Crippen molar-refractivity contribution in [3.63, 3.8) is 0 Å². The van der Waals surface area contributed by atoms with Crippen LogP contribution in [0, 0.1) is 17.6 Å². The SMILES string of the molecule is CC(C)N1CC(C(=O)Nc2ccc(Oc3ccnc(Nc4ccc(S(C)(=O)=O)cn4)c3)c(F)c2)C(=O)N(c2ccc(F)cc2)C1=O. The first-order valence-corrected chi connectivity index (χ1v) is 15.8. The molecule has 1 aliphatic heterocycles. The number of nitrogens with one attached hydrogen (secondary N) is 2. The second kappa shape index (κ2) is 12.9. The van der Waals surface area contributed by atoms with Crippen molar-refractivity contribution >= 4 is 50.7 Å². The van der Waals surface area contributed by atoms with Gasteiger partial charge in [-0.05, 0) is 68.4 Å². The van der Waals surface area contributed by atoms with Crippen LogP contribution in [0.2, 0.25) is 0 Å². The molecule has 1 fully saturated rings. The van der Waals surface area contributed by atoms with Gasteiger partial charge in [0.1, 0.15) is 29.1 Å². The second-order valence-corrected chi connectivity index (χ2v) is 12.6. The summed E-state index contributed by atoms with van der Waals surface area (Å²) in [6.45, 7) is 3.27. The molecule has 0 radical (unpaired) electrons. The van der Waals surface area contributed by atoms with Crippen LogP contribution in [-0.4, -0.2) is 60.0 Å². The zero-order chi connectivity index (χ0) is 33.2. The number of rotatable bonds is 9. The van der Waals surface area contributed by atoms with Gasteiger partial charge >= 0.3 is 6.03 Å². The van der Waals surface area contributed by atoms with Crippen molar-refractivity contribution in [3.8, 4) is 11.5 Å². The highest BCUT2D eigenvalue weighted by Crippen LogP contribution is 2.30. The van der Waals surface area contributed by atoms with Crippen molar-refractivity contribution in [2.24, 2.45) is 5.92 Å². The van der Waals surface area contributed by atoms with Gasteiger partial charge in [0.25, 0.3) is 0 Å². The molecular weight excluding hydrogens is 622 g/mol. The summed E-state index contributed by atoms with van der Waals surface area (Å²) in [7, 11) is -3.40. The lowest BCUT2D eigenvalue weighted by molar-refractivity contribution is -0.132. The summed E-state index contributed by atoms with van der Waals surface area (Å²) in [6.07, 6.45) is 3.70. The molecule has 2 N–H and O–H groups in total. The third-order valence-electron chi connectivity index (χ3n) is 6.94. The summed E-state index contributed by atoms with van der Waals surface area (Å²) in [5.74, 6) is -3.58. The number of aromatic nitrogens is 2. The fourth-order valence-electron chi connectivity index (χ4n) is 4.55. The van der Waals surface area contributed by atoms with Gasteiger partial charge in [0.15, 0.2) is 21.4 Å². The first-order valence-electron chi connectivity index (χ1n) is 13.9. The third-order valence-corrected chi connectivity index (χ3v) is 8.04. The quantitative estimate of drug-likeness (QED) is 0.235. The van der Waals surface area contributed by atoms with Gasteiger partial charge in [-0.2, -0.15) is 0 Å². The lowest BCUT2D eigenvalue weighted by Gasteiger charge is -2.39. The Morgan fingerprint density at radius 3 is 2.35 bits per heavy atom. The molecule has 0 spiro atoms. The Balaban J connectivity index is 1.28. The number of ether oxygens (including phenoxy) is 1. The van der Waals surface area contributed by atoms with Gasteiger partial charge in [-0.15, -0.1) is 0 Å². The predicted molar refractivity (Wildman–Crippen MR) is 165 cm³/mol. The second-order valence-electron chi connectivity index (χ2n) is 10.6. The van der Waals surface area contributed by atoms with Crippen molar-refractivity contribution in [2.45, 2.75) is 24.8 Å². The highest BCUT2D eigenvalue weighted by atomic mass is 32.2. The fourth-order valence-corrected chi connectivity index (χ4v) is 5.11. The lowest BCUT2D eigenvalue weighted by atomic mass is 10.0. The minimum atomic E-state index is -3.40. The number of halogens is 2. The van der Waals surface area contributed by atoms with Crippen molar-refractivity contribution in [2.75, 3.05) is 28.3 Å². The number of carbonyl (C=O) groups excluding carboxylic acids is 3. The van der Waals surface area contributed by atoms with Crippen molar-refractivity contribution in [1.82, 2.24) is 14.9 Å². The first kappa shape index (κ1) is 32.0. The Hall–Kier alpha value is -5.44. The van der Waals surface area contributed by atoms with E-state index in [0.717, 1.165) is 29.4 Å². The van der Waals surface area contributed by atoms with E-state index in [1.165, 1.54) is 65.8 Å². The topological polar surface area (TPSA) is 151 Å². The van der Waals surface area contributed by atoms with Crippen LogP contribution in [0.15, 0.2) is 84.0 Å². The normalized spacial score (nSPS) is 15.2. The number of urea groups is 1. The van der Waals surface area contributed by atoms with E-state index in [4.69, 9.17) is 4.74 Å². The molecule has 3 heterocycles. The van der Waals surface area contributed by atoms with Crippen LogP contribution in [0.1, 0.15) is 13.8 Å². The molecule has 15 heteroatoms. The fraction of sp³-hybridized carbons (Fsp3) is 0.194. The Morgan fingerprint density at radius 2 is 1.72 bits per heavy atom. The minimum absolute atomic E-state index is 0.0460. The largest absolute Gasteiger partial charge is 0.454 e. The number of pyridine rings is 2. The van der Waals surface area contributed by atoms with Gasteiger partial charge < -0.3 is 20.3 Å². The molecular formula is C31H28F2N6O6S. The van der Waals surface area contributed by atoms with Crippen LogP contribution in [0.5, 0.6) is 11.5 Å². The standard InChI is InChI=1S/C31H28F2N6O6S/c1-18(2)38-17-24(30(41)39(31(38)42)21-7-4-19(32)5-8-21)29(40)36-20-6-10-26(25(33)14-20)45-22-12-13-34-28(15-22)37-27-11-9-23(16-35-27)46(3,43)44/h4-16,18,24H,17H2,1-3H3,(H,36,40)(H,34,35,37). The number of carbonyl (C=O) groups is 3. The maximum absolute atomic E-state index is 15.1. The molecule has 0 aliphatic carbocycles. The Kier molecular flexibility index (Phi) is 8.96. The van der Waals surface area contributed by atoms with Crippen LogP contribution in [0.3, 0.4) is 0 Å². The summed E-state index contributed by atoms with van der Waals surface area (Å²) in [5.41, 5.74) is 0.160. The molecule has 1 atom stereocenters. The monoisotopic (exact) mass is 650 g/mol. The third kappa shape index (κ3) is 7.10. The number of nitrogens with zero attached hydrogens (tertiary/aromatic N) is 4. The average Bonchev–Trinajstić information content (AvgIpc) is 2.99. The molecule has 1 aliphatic rings. The predicted octanol–water partition coefficient (Wildman–Crippen LogP) is 5.13. The molecule has 238 valence electrons. The summed E-state index contributed by atoms with van der Waals surface area (Å²) in [6, 6.07) is 13.3. The maximum Gasteiger partial charge on any atom is 0.331 e. The smallest absolute Gasteiger partial charge is 0.331 e. The molecule has 1 unspecified atom stereocenters. The molecule has 46 heavy (non-hydrogen) atoms. The van der Waals surface area contributed by atoms with Crippen LogP contribution >= 0.6 is 0 Å². The molecule has 0 saturated carbocycles. The lowest BCUT2D eigenvalue weighted by Crippen LogP contribution is -2.61. The molecule has 12 nitrogen and oxygen atoms in total. The summed E-state index contributed by atoms with van der Waals surface area (Å²) in [5, 5.41) is 5.44. The zero-order valence-electron chi connectivity index (χ0n) is 24.8. The van der Waals surface area contributed by atoms with E-state index in [9.17, 15) is 27.2 Å². The van der Waals surface area contributed by atoms with Crippen LogP contribution in [0.4, 0.5) is 36.6 Å². The van der Waals surface area contributed by atoms with Gasteiger partial charge in [-0.3, -0.25) is 9.59 Å².